The first kappa shape index (κ1) is 12.5. The van der Waals surface area contributed by atoms with Gasteiger partial charge in [-0.25, -0.2) is 0 Å². The van der Waals surface area contributed by atoms with Crippen molar-refractivity contribution >= 4 is 27.7 Å². The lowest BCUT2D eigenvalue weighted by molar-refractivity contribution is 0.414. The molecule has 0 saturated carbocycles. The maximum absolute atomic E-state index is 5.13. The second kappa shape index (κ2) is 6.12. The smallest absolute Gasteiger partial charge is 0.118 e. The summed E-state index contributed by atoms with van der Waals surface area (Å²) in [6, 6.07) is 16.5. The molecule has 0 spiro atoms. The van der Waals surface area contributed by atoms with Crippen LogP contribution in [0, 0.1) is 0 Å². The fourth-order valence-electron chi connectivity index (χ4n) is 1.45. The number of halogens is 1. The van der Waals surface area contributed by atoms with Gasteiger partial charge in [-0.1, -0.05) is 34.1 Å². The molecule has 0 aliphatic carbocycles. The molecule has 0 radical (unpaired) electrons. The summed E-state index contributed by atoms with van der Waals surface area (Å²) in [5.41, 5.74) is 1.31. The lowest BCUT2D eigenvalue weighted by atomic mass is 10.2. The third-order valence-electron chi connectivity index (χ3n) is 2.41. The third kappa shape index (κ3) is 3.51. The number of hydrogen-bond acceptors (Lipinski definition) is 2. The van der Waals surface area contributed by atoms with Gasteiger partial charge >= 0.3 is 0 Å². The predicted molar refractivity (Wildman–Crippen MR) is 76.7 cm³/mol. The van der Waals surface area contributed by atoms with Gasteiger partial charge in [0.2, 0.25) is 0 Å². The molecule has 0 atom stereocenters. The molecule has 0 saturated heterocycles. The second-order valence-corrected chi connectivity index (χ2v) is 5.46. The molecule has 0 fully saturated rings. The number of benzene rings is 2. The van der Waals surface area contributed by atoms with Crippen molar-refractivity contribution in [3.8, 4) is 5.75 Å². The van der Waals surface area contributed by atoms with Crippen LogP contribution in [0.25, 0.3) is 0 Å². The van der Waals surface area contributed by atoms with Crippen LogP contribution in [0.15, 0.2) is 57.9 Å². The van der Waals surface area contributed by atoms with Crippen LogP contribution in [0.1, 0.15) is 5.56 Å². The van der Waals surface area contributed by atoms with Gasteiger partial charge in [-0.15, -0.1) is 11.8 Å². The Kier molecular flexibility index (Phi) is 4.51. The zero-order valence-corrected chi connectivity index (χ0v) is 11.9. The Hall–Kier alpha value is -0.930. The molecular weight excluding hydrogens is 296 g/mol. The summed E-state index contributed by atoms with van der Waals surface area (Å²) in [6.45, 7) is 0. The SMILES string of the molecule is COc1ccc(SCc2ccccc2Br)cc1. The van der Waals surface area contributed by atoms with Crippen LogP contribution in [0.4, 0.5) is 0 Å². The number of ether oxygens (including phenoxy) is 1. The van der Waals surface area contributed by atoms with Gasteiger partial charge in [0.15, 0.2) is 0 Å². The molecule has 2 aromatic carbocycles. The van der Waals surface area contributed by atoms with Gasteiger partial charge in [-0.05, 0) is 35.9 Å². The van der Waals surface area contributed by atoms with Gasteiger partial charge in [0, 0.05) is 15.1 Å². The summed E-state index contributed by atoms with van der Waals surface area (Å²) < 4.78 is 6.30. The highest BCUT2D eigenvalue weighted by molar-refractivity contribution is 9.10. The van der Waals surface area contributed by atoms with E-state index in [4.69, 9.17) is 4.74 Å². The molecule has 0 N–H and O–H groups in total. The molecule has 2 aromatic rings. The average molecular weight is 309 g/mol. The van der Waals surface area contributed by atoms with Crippen molar-refractivity contribution in [3.05, 3.63) is 58.6 Å². The summed E-state index contributed by atoms with van der Waals surface area (Å²) >= 11 is 5.38. The Bertz CT molecular complexity index is 482. The summed E-state index contributed by atoms with van der Waals surface area (Å²) in [5.74, 6) is 1.86. The average Bonchev–Trinajstić information content (AvgIpc) is 2.38. The van der Waals surface area contributed by atoms with E-state index >= 15 is 0 Å². The molecule has 0 heterocycles. The van der Waals surface area contributed by atoms with Crippen LogP contribution >= 0.6 is 27.7 Å². The summed E-state index contributed by atoms with van der Waals surface area (Å²) in [6.07, 6.45) is 0. The molecular formula is C14H13BrOS. The van der Waals surface area contributed by atoms with Gasteiger partial charge < -0.3 is 4.74 Å². The first-order chi connectivity index (χ1) is 8.29. The first-order valence-corrected chi connectivity index (χ1v) is 7.08. The van der Waals surface area contributed by atoms with Crippen LogP contribution in [0.5, 0.6) is 5.75 Å². The fraction of sp³-hybridized carbons (Fsp3) is 0.143. The van der Waals surface area contributed by atoms with Crippen LogP contribution in [0.2, 0.25) is 0 Å². The number of methoxy groups -OCH3 is 1. The topological polar surface area (TPSA) is 9.23 Å². The molecule has 0 amide bonds. The summed E-state index contributed by atoms with van der Waals surface area (Å²) in [7, 11) is 1.68. The molecule has 2 rings (SSSR count). The largest absolute Gasteiger partial charge is 0.497 e. The zero-order valence-electron chi connectivity index (χ0n) is 9.52. The Balaban J connectivity index is 2.00. The number of hydrogen-bond donors (Lipinski definition) is 0. The van der Waals surface area contributed by atoms with Crippen molar-refractivity contribution in [2.45, 2.75) is 10.6 Å². The first-order valence-electron chi connectivity index (χ1n) is 5.30. The molecule has 17 heavy (non-hydrogen) atoms. The maximum Gasteiger partial charge on any atom is 0.118 e. The highest BCUT2D eigenvalue weighted by Gasteiger charge is 2.00. The monoisotopic (exact) mass is 308 g/mol. The van der Waals surface area contributed by atoms with Crippen LogP contribution in [-0.2, 0) is 5.75 Å². The lowest BCUT2D eigenvalue weighted by Gasteiger charge is -2.05. The van der Waals surface area contributed by atoms with Gasteiger partial charge in [-0.2, -0.15) is 0 Å². The van der Waals surface area contributed by atoms with E-state index < -0.39 is 0 Å². The Morgan fingerprint density at radius 1 is 1.06 bits per heavy atom. The van der Waals surface area contributed by atoms with Crippen molar-refractivity contribution in [2.24, 2.45) is 0 Å². The van der Waals surface area contributed by atoms with Gasteiger partial charge in [0.05, 0.1) is 7.11 Å². The van der Waals surface area contributed by atoms with Crippen LogP contribution in [0.3, 0.4) is 0 Å². The van der Waals surface area contributed by atoms with Crippen molar-refractivity contribution in [1.82, 2.24) is 0 Å². The highest BCUT2D eigenvalue weighted by atomic mass is 79.9. The quantitative estimate of drug-likeness (QED) is 0.754. The van der Waals surface area contributed by atoms with E-state index in [1.54, 1.807) is 7.11 Å². The fourth-order valence-corrected chi connectivity index (χ4v) is 2.96. The second-order valence-electron chi connectivity index (χ2n) is 3.56. The minimum atomic E-state index is 0.898. The van der Waals surface area contributed by atoms with Gasteiger partial charge in [0.1, 0.15) is 5.75 Å². The van der Waals surface area contributed by atoms with Crippen LogP contribution < -0.4 is 4.74 Å². The maximum atomic E-state index is 5.13. The highest BCUT2D eigenvalue weighted by Crippen LogP contribution is 2.27. The Morgan fingerprint density at radius 2 is 1.76 bits per heavy atom. The minimum Gasteiger partial charge on any atom is -0.497 e. The third-order valence-corrected chi connectivity index (χ3v) is 4.25. The van der Waals surface area contributed by atoms with E-state index in [0.717, 1.165) is 11.5 Å². The van der Waals surface area contributed by atoms with E-state index in [0.29, 0.717) is 0 Å². The Labute approximate surface area is 114 Å². The molecule has 0 aliphatic rings. The summed E-state index contributed by atoms with van der Waals surface area (Å²) in [5, 5.41) is 0. The van der Waals surface area contributed by atoms with Crippen molar-refractivity contribution in [3.63, 3.8) is 0 Å². The van der Waals surface area contributed by atoms with E-state index in [2.05, 4.69) is 46.3 Å². The summed E-state index contributed by atoms with van der Waals surface area (Å²) in [4.78, 5) is 1.25. The number of thioether (sulfide) groups is 1. The molecule has 0 unspecified atom stereocenters. The Morgan fingerprint density at radius 3 is 2.41 bits per heavy atom. The van der Waals surface area contributed by atoms with Crippen LogP contribution in [-0.4, -0.2) is 7.11 Å². The minimum absolute atomic E-state index is 0.898. The molecule has 1 nitrogen and oxygen atoms in total. The lowest BCUT2D eigenvalue weighted by Crippen LogP contribution is -1.83. The number of rotatable bonds is 4. The zero-order chi connectivity index (χ0) is 12.1. The standard InChI is InChI=1S/C14H13BrOS/c1-16-12-6-8-13(9-7-12)17-10-11-4-2-3-5-14(11)15/h2-9H,10H2,1H3. The molecule has 0 aliphatic heterocycles. The van der Waals surface area contributed by atoms with Crippen molar-refractivity contribution in [1.29, 1.82) is 0 Å². The van der Waals surface area contributed by atoms with E-state index in [1.807, 2.05) is 30.0 Å². The van der Waals surface area contributed by atoms with Crippen molar-refractivity contribution in [2.75, 3.05) is 7.11 Å². The van der Waals surface area contributed by atoms with Gasteiger partial charge in [-0.3, -0.25) is 0 Å². The van der Waals surface area contributed by atoms with E-state index in [1.165, 1.54) is 14.9 Å². The molecule has 0 bridgehead atoms. The van der Waals surface area contributed by atoms with Crippen molar-refractivity contribution < 1.29 is 4.74 Å². The normalized spacial score (nSPS) is 10.2. The molecule has 0 aromatic heterocycles. The predicted octanol–water partition coefficient (Wildman–Crippen LogP) is 4.75. The molecule has 88 valence electrons. The van der Waals surface area contributed by atoms with E-state index in [-0.39, 0.29) is 0 Å². The molecule has 3 heteroatoms. The van der Waals surface area contributed by atoms with E-state index in [9.17, 15) is 0 Å². The van der Waals surface area contributed by atoms with Gasteiger partial charge in [0.25, 0.3) is 0 Å².